The van der Waals surface area contributed by atoms with Gasteiger partial charge in [-0.1, -0.05) is 19.0 Å². The molecule has 3 N–H and O–H groups in total. The molecule has 102 valence electrons. The Morgan fingerprint density at radius 3 is 2.72 bits per heavy atom. The van der Waals surface area contributed by atoms with Crippen molar-refractivity contribution >= 4 is 5.96 Å². The number of nitrogens with one attached hydrogen (secondary N) is 1. The number of rotatable bonds is 6. The van der Waals surface area contributed by atoms with Crippen LogP contribution in [0.3, 0.4) is 0 Å². The standard InChI is InChI=1S/C13H24N4O/c1-9(2)8-16-13(14)15-7-5-6-12-10(3)17-18-11(12)4/h9H,5-8H2,1-4H3,(H3,14,15,16). The largest absolute Gasteiger partial charge is 0.370 e. The number of aryl methyl sites for hydroxylation is 2. The van der Waals surface area contributed by atoms with Gasteiger partial charge in [-0.05, 0) is 32.6 Å². The fourth-order valence-corrected chi connectivity index (χ4v) is 1.68. The topological polar surface area (TPSA) is 76.4 Å². The highest BCUT2D eigenvalue weighted by Crippen LogP contribution is 2.13. The van der Waals surface area contributed by atoms with E-state index in [1.165, 1.54) is 5.56 Å². The van der Waals surface area contributed by atoms with E-state index in [1.54, 1.807) is 0 Å². The fraction of sp³-hybridized carbons (Fsp3) is 0.692. The van der Waals surface area contributed by atoms with Crippen LogP contribution in [0.2, 0.25) is 0 Å². The first kappa shape index (κ1) is 14.5. The highest BCUT2D eigenvalue weighted by molar-refractivity contribution is 5.77. The average Bonchev–Trinajstić information content (AvgIpc) is 2.63. The lowest BCUT2D eigenvalue weighted by molar-refractivity contribution is 0.392. The normalized spacial score (nSPS) is 12.2. The van der Waals surface area contributed by atoms with E-state index in [0.29, 0.717) is 11.9 Å². The van der Waals surface area contributed by atoms with Crippen LogP contribution in [0, 0.1) is 19.8 Å². The van der Waals surface area contributed by atoms with E-state index in [-0.39, 0.29) is 0 Å². The molecule has 0 fully saturated rings. The summed E-state index contributed by atoms with van der Waals surface area (Å²) in [5, 5.41) is 7.05. The van der Waals surface area contributed by atoms with Gasteiger partial charge in [-0.25, -0.2) is 0 Å². The van der Waals surface area contributed by atoms with Crippen molar-refractivity contribution in [2.45, 2.75) is 40.5 Å². The van der Waals surface area contributed by atoms with E-state index >= 15 is 0 Å². The van der Waals surface area contributed by atoms with Gasteiger partial charge in [-0.15, -0.1) is 0 Å². The minimum Gasteiger partial charge on any atom is -0.370 e. The molecule has 1 aromatic rings. The van der Waals surface area contributed by atoms with E-state index < -0.39 is 0 Å². The number of hydrogen-bond acceptors (Lipinski definition) is 3. The van der Waals surface area contributed by atoms with Gasteiger partial charge in [0.2, 0.25) is 0 Å². The van der Waals surface area contributed by atoms with E-state index in [0.717, 1.165) is 37.4 Å². The molecule has 0 unspecified atom stereocenters. The van der Waals surface area contributed by atoms with Crippen LogP contribution in [0.25, 0.3) is 0 Å². The first-order chi connectivity index (χ1) is 8.50. The van der Waals surface area contributed by atoms with Crippen molar-refractivity contribution in [3.8, 4) is 0 Å². The SMILES string of the molecule is Cc1noc(C)c1CCCNC(N)=NCC(C)C. The zero-order chi connectivity index (χ0) is 13.5. The monoisotopic (exact) mass is 252 g/mol. The second-order valence-corrected chi connectivity index (χ2v) is 4.95. The molecular formula is C13H24N4O. The van der Waals surface area contributed by atoms with E-state index in [2.05, 4.69) is 29.3 Å². The van der Waals surface area contributed by atoms with E-state index in [9.17, 15) is 0 Å². The molecule has 1 rings (SSSR count). The van der Waals surface area contributed by atoms with Crippen molar-refractivity contribution in [2.75, 3.05) is 13.1 Å². The summed E-state index contributed by atoms with van der Waals surface area (Å²) in [5.41, 5.74) is 7.93. The van der Waals surface area contributed by atoms with Gasteiger partial charge in [0, 0.05) is 18.7 Å². The summed E-state index contributed by atoms with van der Waals surface area (Å²) in [4.78, 5) is 4.25. The Balaban J connectivity index is 2.25. The molecule has 1 heterocycles. The van der Waals surface area contributed by atoms with Crippen LogP contribution < -0.4 is 11.1 Å². The van der Waals surface area contributed by atoms with Crippen molar-refractivity contribution in [1.82, 2.24) is 10.5 Å². The van der Waals surface area contributed by atoms with Crippen molar-refractivity contribution in [1.29, 1.82) is 0 Å². The van der Waals surface area contributed by atoms with Crippen molar-refractivity contribution in [2.24, 2.45) is 16.6 Å². The quantitative estimate of drug-likeness (QED) is 0.460. The maximum atomic E-state index is 5.75. The number of aliphatic imine (C=N–C) groups is 1. The molecule has 5 heteroatoms. The molecule has 18 heavy (non-hydrogen) atoms. The number of nitrogens with zero attached hydrogens (tertiary/aromatic N) is 2. The number of hydrogen-bond donors (Lipinski definition) is 2. The van der Waals surface area contributed by atoms with Crippen molar-refractivity contribution in [3.63, 3.8) is 0 Å². The Hall–Kier alpha value is -1.52. The molecule has 5 nitrogen and oxygen atoms in total. The average molecular weight is 252 g/mol. The molecular weight excluding hydrogens is 228 g/mol. The molecule has 0 aliphatic carbocycles. The number of guanidine groups is 1. The lowest BCUT2D eigenvalue weighted by Crippen LogP contribution is -2.33. The zero-order valence-corrected chi connectivity index (χ0v) is 11.8. The molecule has 0 saturated heterocycles. The summed E-state index contributed by atoms with van der Waals surface area (Å²) in [6, 6.07) is 0. The minimum absolute atomic E-state index is 0.530. The van der Waals surface area contributed by atoms with Gasteiger partial charge in [0.1, 0.15) is 5.76 Å². The first-order valence-electron chi connectivity index (χ1n) is 6.46. The van der Waals surface area contributed by atoms with Crippen LogP contribution in [-0.4, -0.2) is 24.2 Å². The Labute approximate surface area is 109 Å². The lowest BCUT2D eigenvalue weighted by Gasteiger charge is -2.06. The molecule has 0 atom stereocenters. The summed E-state index contributed by atoms with van der Waals surface area (Å²) >= 11 is 0. The third-order valence-electron chi connectivity index (χ3n) is 2.72. The summed E-state index contributed by atoms with van der Waals surface area (Å²) in [5.74, 6) is 1.98. The van der Waals surface area contributed by atoms with Crippen LogP contribution in [-0.2, 0) is 6.42 Å². The number of aromatic nitrogens is 1. The van der Waals surface area contributed by atoms with Crippen LogP contribution >= 0.6 is 0 Å². The molecule has 0 amide bonds. The third kappa shape index (κ3) is 4.77. The smallest absolute Gasteiger partial charge is 0.188 e. The van der Waals surface area contributed by atoms with E-state index in [4.69, 9.17) is 10.3 Å². The Bertz CT molecular complexity index is 376. The van der Waals surface area contributed by atoms with Gasteiger partial charge >= 0.3 is 0 Å². The molecule has 0 radical (unpaired) electrons. The van der Waals surface area contributed by atoms with Crippen molar-refractivity contribution in [3.05, 3.63) is 17.0 Å². The maximum absolute atomic E-state index is 5.75. The molecule has 0 spiro atoms. The second kappa shape index (κ2) is 7.03. The molecule has 1 aromatic heterocycles. The van der Waals surface area contributed by atoms with Gasteiger partial charge < -0.3 is 15.6 Å². The van der Waals surface area contributed by atoms with Gasteiger partial charge in [0.25, 0.3) is 0 Å². The molecule has 0 bridgehead atoms. The lowest BCUT2D eigenvalue weighted by atomic mass is 10.1. The summed E-state index contributed by atoms with van der Waals surface area (Å²) < 4.78 is 5.12. The Kier molecular flexibility index (Phi) is 5.68. The molecule has 0 saturated carbocycles. The minimum atomic E-state index is 0.530. The fourth-order valence-electron chi connectivity index (χ4n) is 1.68. The molecule has 0 aromatic carbocycles. The molecule has 0 aliphatic heterocycles. The van der Waals surface area contributed by atoms with Crippen molar-refractivity contribution < 1.29 is 4.52 Å². The van der Waals surface area contributed by atoms with Gasteiger partial charge in [-0.2, -0.15) is 0 Å². The van der Waals surface area contributed by atoms with Gasteiger partial charge in [0.05, 0.1) is 5.69 Å². The van der Waals surface area contributed by atoms with Gasteiger partial charge in [0.15, 0.2) is 5.96 Å². The van der Waals surface area contributed by atoms with Crippen LogP contribution in [0.4, 0.5) is 0 Å². The summed E-state index contributed by atoms with van der Waals surface area (Å²) in [7, 11) is 0. The Morgan fingerprint density at radius 2 is 2.17 bits per heavy atom. The highest BCUT2D eigenvalue weighted by Gasteiger charge is 2.07. The van der Waals surface area contributed by atoms with Crippen LogP contribution in [0.5, 0.6) is 0 Å². The summed E-state index contributed by atoms with van der Waals surface area (Å²) in [6.45, 7) is 9.74. The first-order valence-corrected chi connectivity index (χ1v) is 6.46. The predicted octanol–water partition coefficient (Wildman–Crippen LogP) is 1.78. The molecule has 0 aliphatic rings. The number of nitrogens with two attached hydrogens (primary N) is 1. The highest BCUT2D eigenvalue weighted by atomic mass is 16.5. The van der Waals surface area contributed by atoms with Crippen LogP contribution in [0.1, 0.15) is 37.3 Å². The van der Waals surface area contributed by atoms with Gasteiger partial charge in [-0.3, -0.25) is 4.99 Å². The second-order valence-electron chi connectivity index (χ2n) is 4.95. The maximum Gasteiger partial charge on any atom is 0.188 e. The van der Waals surface area contributed by atoms with E-state index in [1.807, 2.05) is 13.8 Å². The Morgan fingerprint density at radius 1 is 1.44 bits per heavy atom. The van der Waals surface area contributed by atoms with Crippen LogP contribution in [0.15, 0.2) is 9.52 Å². The predicted molar refractivity (Wildman–Crippen MR) is 73.6 cm³/mol. The summed E-state index contributed by atoms with van der Waals surface area (Å²) in [6.07, 6.45) is 1.94. The third-order valence-corrected chi connectivity index (χ3v) is 2.72. The zero-order valence-electron chi connectivity index (χ0n) is 11.8.